The third kappa shape index (κ3) is 3.01. The fourth-order valence-corrected chi connectivity index (χ4v) is 1.69. The Morgan fingerprint density at radius 2 is 1.95 bits per heavy atom. The molecule has 0 saturated heterocycles. The average Bonchev–Trinajstić information content (AvgIpc) is 2.83. The molecule has 2 N–H and O–H groups in total. The highest BCUT2D eigenvalue weighted by Gasteiger charge is 2.23. The van der Waals surface area contributed by atoms with E-state index < -0.39 is 17.9 Å². The summed E-state index contributed by atoms with van der Waals surface area (Å²) < 4.78 is 5.04. The first-order valence-corrected chi connectivity index (χ1v) is 5.71. The van der Waals surface area contributed by atoms with Gasteiger partial charge >= 0.3 is 5.97 Å². The summed E-state index contributed by atoms with van der Waals surface area (Å²) in [4.78, 5) is 23.1. The Labute approximate surface area is 109 Å². The molecule has 1 aromatic heterocycles. The molecule has 98 valence electrons. The van der Waals surface area contributed by atoms with Crippen molar-refractivity contribution in [3.63, 3.8) is 0 Å². The molecule has 5 heteroatoms. The second kappa shape index (κ2) is 5.39. The summed E-state index contributed by atoms with van der Waals surface area (Å²) in [5.41, 5.74) is 1.31. The van der Waals surface area contributed by atoms with E-state index >= 15 is 0 Å². The van der Waals surface area contributed by atoms with Gasteiger partial charge in [-0.1, -0.05) is 30.3 Å². The lowest BCUT2D eigenvalue weighted by Gasteiger charge is -2.13. The minimum Gasteiger partial charge on any atom is -0.479 e. The molecule has 0 bridgehead atoms. The summed E-state index contributed by atoms with van der Waals surface area (Å²) in [6.45, 7) is 1.78. The van der Waals surface area contributed by atoms with Gasteiger partial charge in [-0.3, -0.25) is 4.79 Å². The highest BCUT2D eigenvalue weighted by Crippen LogP contribution is 2.14. The van der Waals surface area contributed by atoms with E-state index in [-0.39, 0.29) is 5.76 Å². The maximum atomic E-state index is 11.9. The number of carboxylic acid groups (broad SMARTS) is 1. The van der Waals surface area contributed by atoms with Crippen LogP contribution in [0.4, 0.5) is 0 Å². The molecular weight excluding hydrogens is 246 g/mol. The SMILES string of the molecule is Cc1coc(C(=O)NC(C(=O)O)c2ccccc2)c1. The van der Waals surface area contributed by atoms with Crippen LogP contribution in [0.3, 0.4) is 0 Å². The predicted octanol–water partition coefficient (Wildman–Crippen LogP) is 2.14. The molecule has 1 amide bonds. The molecule has 19 heavy (non-hydrogen) atoms. The highest BCUT2D eigenvalue weighted by molar-refractivity contribution is 5.94. The largest absolute Gasteiger partial charge is 0.479 e. The third-order valence-corrected chi connectivity index (χ3v) is 2.61. The number of hydrogen-bond donors (Lipinski definition) is 2. The standard InChI is InChI=1S/C14H13NO4/c1-9-7-11(19-8-9)13(16)15-12(14(17)18)10-5-3-2-4-6-10/h2-8,12H,1H3,(H,15,16)(H,17,18). The Kier molecular flexibility index (Phi) is 3.66. The Bertz CT molecular complexity index is 589. The van der Waals surface area contributed by atoms with Crippen LogP contribution in [0, 0.1) is 6.92 Å². The van der Waals surface area contributed by atoms with Crippen molar-refractivity contribution in [1.82, 2.24) is 5.32 Å². The molecule has 2 rings (SSSR count). The number of benzene rings is 1. The summed E-state index contributed by atoms with van der Waals surface area (Å²) in [5, 5.41) is 11.6. The number of carboxylic acids is 1. The number of carbonyl (C=O) groups excluding carboxylic acids is 1. The second-order valence-electron chi connectivity index (χ2n) is 4.14. The Balaban J connectivity index is 2.18. The molecule has 5 nitrogen and oxygen atoms in total. The first kappa shape index (κ1) is 12.9. The molecule has 0 saturated carbocycles. The van der Waals surface area contributed by atoms with E-state index in [4.69, 9.17) is 4.42 Å². The van der Waals surface area contributed by atoms with Gasteiger partial charge in [-0.05, 0) is 24.1 Å². The normalized spacial score (nSPS) is 11.8. The molecular formula is C14H13NO4. The summed E-state index contributed by atoms with van der Waals surface area (Å²) in [6.07, 6.45) is 1.44. The lowest BCUT2D eigenvalue weighted by Crippen LogP contribution is -2.33. The van der Waals surface area contributed by atoms with Gasteiger partial charge in [0.1, 0.15) is 0 Å². The van der Waals surface area contributed by atoms with Gasteiger partial charge in [-0.15, -0.1) is 0 Å². The van der Waals surface area contributed by atoms with Crippen molar-refractivity contribution in [2.45, 2.75) is 13.0 Å². The maximum absolute atomic E-state index is 11.9. The second-order valence-corrected chi connectivity index (χ2v) is 4.14. The number of hydrogen-bond acceptors (Lipinski definition) is 3. The fraction of sp³-hybridized carbons (Fsp3) is 0.143. The fourth-order valence-electron chi connectivity index (χ4n) is 1.69. The number of furan rings is 1. The van der Waals surface area contributed by atoms with Crippen molar-refractivity contribution < 1.29 is 19.1 Å². The van der Waals surface area contributed by atoms with E-state index in [2.05, 4.69) is 5.32 Å². The Morgan fingerprint density at radius 1 is 1.26 bits per heavy atom. The van der Waals surface area contributed by atoms with Gasteiger partial charge < -0.3 is 14.8 Å². The van der Waals surface area contributed by atoms with Crippen LogP contribution in [0.2, 0.25) is 0 Å². The van der Waals surface area contributed by atoms with Crippen molar-refractivity contribution in [1.29, 1.82) is 0 Å². The van der Waals surface area contributed by atoms with Crippen LogP contribution < -0.4 is 5.32 Å². The molecule has 2 aromatic rings. The number of aliphatic carboxylic acids is 1. The number of rotatable bonds is 4. The highest BCUT2D eigenvalue weighted by atomic mass is 16.4. The monoisotopic (exact) mass is 259 g/mol. The number of aryl methyl sites for hydroxylation is 1. The number of amides is 1. The maximum Gasteiger partial charge on any atom is 0.330 e. The van der Waals surface area contributed by atoms with E-state index in [1.54, 1.807) is 43.3 Å². The van der Waals surface area contributed by atoms with Crippen molar-refractivity contribution in [3.8, 4) is 0 Å². The van der Waals surface area contributed by atoms with Crippen molar-refractivity contribution in [2.24, 2.45) is 0 Å². The van der Waals surface area contributed by atoms with E-state index in [1.807, 2.05) is 0 Å². The van der Waals surface area contributed by atoms with E-state index in [1.165, 1.54) is 6.26 Å². The third-order valence-electron chi connectivity index (χ3n) is 2.61. The van der Waals surface area contributed by atoms with Crippen molar-refractivity contribution in [2.75, 3.05) is 0 Å². The molecule has 1 atom stereocenters. The van der Waals surface area contributed by atoms with Crippen LogP contribution in [-0.4, -0.2) is 17.0 Å². The lowest BCUT2D eigenvalue weighted by molar-refractivity contribution is -0.139. The molecule has 0 aliphatic rings. The Morgan fingerprint density at radius 3 is 2.47 bits per heavy atom. The van der Waals surface area contributed by atoms with Gasteiger partial charge in [0, 0.05) is 0 Å². The lowest BCUT2D eigenvalue weighted by atomic mass is 10.1. The first-order valence-electron chi connectivity index (χ1n) is 5.71. The van der Waals surface area contributed by atoms with E-state index in [9.17, 15) is 14.7 Å². The average molecular weight is 259 g/mol. The molecule has 1 unspecified atom stereocenters. The zero-order valence-corrected chi connectivity index (χ0v) is 10.3. The molecule has 1 aromatic carbocycles. The van der Waals surface area contributed by atoms with Crippen LogP contribution in [0.15, 0.2) is 47.1 Å². The van der Waals surface area contributed by atoms with E-state index in [0.717, 1.165) is 5.56 Å². The summed E-state index contributed by atoms with van der Waals surface area (Å²) in [7, 11) is 0. The summed E-state index contributed by atoms with van der Waals surface area (Å²) >= 11 is 0. The minimum atomic E-state index is -1.12. The van der Waals surface area contributed by atoms with Crippen LogP contribution in [0.25, 0.3) is 0 Å². The van der Waals surface area contributed by atoms with Crippen LogP contribution in [-0.2, 0) is 4.79 Å². The predicted molar refractivity (Wildman–Crippen MR) is 67.7 cm³/mol. The molecule has 0 spiro atoms. The van der Waals surface area contributed by atoms with E-state index in [0.29, 0.717) is 5.56 Å². The van der Waals surface area contributed by atoms with Gasteiger partial charge in [0.05, 0.1) is 6.26 Å². The van der Waals surface area contributed by atoms with Gasteiger partial charge in [0.25, 0.3) is 5.91 Å². The van der Waals surface area contributed by atoms with Crippen LogP contribution in [0.1, 0.15) is 27.7 Å². The van der Waals surface area contributed by atoms with Crippen molar-refractivity contribution in [3.05, 3.63) is 59.5 Å². The molecule has 0 radical (unpaired) electrons. The summed E-state index contributed by atoms with van der Waals surface area (Å²) in [6, 6.07) is 8.96. The molecule has 0 aliphatic heterocycles. The van der Waals surface area contributed by atoms with Crippen molar-refractivity contribution >= 4 is 11.9 Å². The summed E-state index contributed by atoms with van der Waals surface area (Å²) in [5.74, 6) is -1.58. The molecule has 0 aliphatic carbocycles. The number of carbonyl (C=O) groups is 2. The topological polar surface area (TPSA) is 79.5 Å². The van der Waals surface area contributed by atoms with Gasteiger partial charge in [0.15, 0.2) is 11.8 Å². The molecule has 1 heterocycles. The minimum absolute atomic E-state index is 0.0969. The quantitative estimate of drug-likeness (QED) is 0.881. The zero-order chi connectivity index (χ0) is 13.8. The van der Waals surface area contributed by atoms with Crippen LogP contribution >= 0.6 is 0 Å². The first-order chi connectivity index (χ1) is 9.08. The van der Waals surface area contributed by atoms with Crippen LogP contribution in [0.5, 0.6) is 0 Å². The number of nitrogens with one attached hydrogen (secondary N) is 1. The molecule has 0 fully saturated rings. The smallest absolute Gasteiger partial charge is 0.330 e. The zero-order valence-electron chi connectivity index (χ0n) is 10.3. The van der Waals surface area contributed by atoms with Gasteiger partial charge in [0.2, 0.25) is 0 Å². The Hall–Kier alpha value is -2.56. The van der Waals surface area contributed by atoms with Gasteiger partial charge in [-0.2, -0.15) is 0 Å². The van der Waals surface area contributed by atoms with Gasteiger partial charge in [-0.25, -0.2) is 4.79 Å².